The number of oxazole rings is 1. The van der Waals surface area contributed by atoms with E-state index in [0.29, 0.717) is 17.0 Å². The first-order valence-electron chi connectivity index (χ1n) is 6.49. The fourth-order valence-corrected chi connectivity index (χ4v) is 3.12. The third-order valence-corrected chi connectivity index (χ3v) is 4.63. The largest absolute Gasteiger partial charge is 0.438 e. The molecule has 21 heavy (non-hydrogen) atoms. The lowest BCUT2D eigenvalue weighted by molar-refractivity contribution is 0.00382. The number of alkyl halides is 1. The summed E-state index contributed by atoms with van der Waals surface area (Å²) in [5, 5.41) is 0. The van der Waals surface area contributed by atoms with Crippen LogP contribution < -0.4 is 0 Å². The highest BCUT2D eigenvalue weighted by atomic mass is 32.2. The van der Waals surface area contributed by atoms with Crippen LogP contribution >= 0.6 is 0 Å². The molecule has 1 aliphatic heterocycles. The Morgan fingerprint density at radius 2 is 2.19 bits per heavy atom. The molecular weight excluding hydrogens is 299 g/mol. The maximum Gasteiger partial charge on any atom is 0.221 e. The van der Waals surface area contributed by atoms with E-state index in [0.717, 1.165) is 10.6 Å². The van der Waals surface area contributed by atoms with Crippen molar-refractivity contribution in [3.8, 4) is 0 Å². The molecule has 0 amide bonds. The Morgan fingerprint density at radius 1 is 1.43 bits per heavy atom. The molecule has 3 rings (SSSR count). The molecule has 1 aromatic carbocycles. The Labute approximate surface area is 121 Å². The summed E-state index contributed by atoms with van der Waals surface area (Å²) in [5.74, 6) is 0.348. The Morgan fingerprint density at radius 3 is 2.86 bits per heavy atom. The lowest BCUT2D eigenvalue weighted by atomic mass is 10.3. The third kappa shape index (κ3) is 3.07. The number of rotatable bonds is 4. The van der Waals surface area contributed by atoms with Crippen molar-refractivity contribution in [3.05, 3.63) is 30.2 Å². The van der Waals surface area contributed by atoms with Gasteiger partial charge in [-0.15, -0.1) is 0 Å². The molecule has 114 valence electrons. The fourth-order valence-electron chi connectivity index (χ4n) is 2.29. The summed E-state index contributed by atoms with van der Waals surface area (Å²) in [5.41, 5.74) is 1.34. The second kappa shape index (κ2) is 5.36. The summed E-state index contributed by atoms with van der Waals surface area (Å²) in [7, 11) is -3.40. The average Bonchev–Trinajstić information content (AvgIpc) is 2.98. The van der Waals surface area contributed by atoms with E-state index >= 15 is 0 Å². The van der Waals surface area contributed by atoms with E-state index in [4.69, 9.17) is 9.15 Å². The summed E-state index contributed by atoms with van der Waals surface area (Å²) in [4.78, 5) is 4.22. The summed E-state index contributed by atoms with van der Waals surface area (Å²) < 4.78 is 48.5. The summed E-state index contributed by atoms with van der Waals surface area (Å²) >= 11 is 0. The Hall–Kier alpha value is -1.51. The van der Waals surface area contributed by atoms with Crippen LogP contribution in [0.1, 0.15) is 5.89 Å². The van der Waals surface area contributed by atoms with Crippen LogP contribution in [-0.4, -0.2) is 49.3 Å². The lowest BCUT2D eigenvalue weighted by Crippen LogP contribution is -2.29. The van der Waals surface area contributed by atoms with Crippen molar-refractivity contribution < 1.29 is 22.0 Å². The Kier molecular flexibility index (Phi) is 3.68. The highest BCUT2D eigenvalue weighted by Gasteiger charge is 2.38. The second-order valence-corrected chi connectivity index (χ2v) is 7.00. The summed E-state index contributed by atoms with van der Waals surface area (Å²) in [6.07, 6.45) is -1.08. The number of ether oxygens (including phenoxy) is 1. The number of benzene rings is 1. The van der Waals surface area contributed by atoms with Gasteiger partial charge in [0.25, 0.3) is 0 Å². The van der Waals surface area contributed by atoms with Gasteiger partial charge in [0.15, 0.2) is 5.58 Å². The van der Waals surface area contributed by atoms with Gasteiger partial charge in [-0.3, -0.25) is 0 Å². The second-order valence-electron chi connectivity index (χ2n) is 5.02. The van der Waals surface area contributed by atoms with Crippen LogP contribution in [0.5, 0.6) is 0 Å². The van der Waals surface area contributed by atoms with Gasteiger partial charge in [-0.1, -0.05) is 12.1 Å². The van der Waals surface area contributed by atoms with Crippen molar-refractivity contribution in [2.24, 2.45) is 0 Å². The van der Waals surface area contributed by atoms with Gasteiger partial charge in [0.1, 0.15) is 24.4 Å². The van der Waals surface area contributed by atoms with Crippen molar-refractivity contribution in [1.29, 1.82) is 0 Å². The SMILES string of the molecule is CS(=O)(=O)N1C[C@@H](F)[C@@H](OCc2nc3ccccc3o2)C1. The van der Waals surface area contributed by atoms with Crippen molar-refractivity contribution in [1.82, 2.24) is 9.29 Å². The Bertz CT molecular complexity index is 712. The van der Waals surface area contributed by atoms with Crippen molar-refractivity contribution in [2.45, 2.75) is 18.9 Å². The molecule has 2 atom stereocenters. The summed E-state index contributed by atoms with van der Waals surface area (Å²) in [6.45, 7) is -0.144. The van der Waals surface area contributed by atoms with Crippen LogP contribution in [0.15, 0.2) is 28.7 Å². The standard InChI is InChI=1S/C13H15FN2O4S/c1-21(17,18)16-6-9(14)12(7-16)19-8-13-15-10-4-2-3-5-11(10)20-13/h2-5,9,12H,6-8H2,1H3/t9-,12+/m1/s1. The number of para-hydroxylation sites is 2. The molecule has 0 spiro atoms. The smallest absolute Gasteiger partial charge is 0.221 e. The van der Waals surface area contributed by atoms with Gasteiger partial charge in [-0.2, -0.15) is 4.31 Å². The number of nitrogens with zero attached hydrogens (tertiary/aromatic N) is 2. The van der Waals surface area contributed by atoms with E-state index in [1.54, 1.807) is 12.1 Å². The van der Waals surface area contributed by atoms with E-state index in [9.17, 15) is 12.8 Å². The molecule has 8 heteroatoms. The van der Waals surface area contributed by atoms with Crippen LogP contribution in [-0.2, 0) is 21.4 Å². The number of aromatic nitrogens is 1. The van der Waals surface area contributed by atoms with Gasteiger partial charge in [0.05, 0.1) is 6.26 Å². The zero-order valence-electron chi connectivity index (χ0n) is 11.4. The average molecular weight is 314 g/mol. The molecule has 1 aromatic heterocycles. The first-order valence-corrected chi connectivity index (χ1v) is 8.33. The van der Waals surface area contributed by atoms with Crippen LogP contribution in [0.2, 0.25) is 0 Å². The first kappa shape index (κ1) is 14.4. The van der Waals surface area contributed by atoms with Crippen LogP contribution in [0.3, 0.4) is 0 Å². The molecule has 1 fully saturated rings. The predicted octanol–water partition coefficient (Wildman–Crippen LogP) is 1.33. The lowest BCUT2D eigenvalue weighted by Gasteiger charge is -2.12. The van der Waals surface area contributed by atoms with Crippen molar-refractivity contribution in [3.63, 3.8) is 0 Å². The minimum Gasteiger partial charge on any atom is -0.438 e. The predicted molar refractivity (Wildman–Crippen MR) is 73.9 cm³/mol. The molecular formula is C13H15FN2O4S. The molecule has 0 radical (unpaired) electrons. The maximum atomic E-state index is 13.8. The number of hydrogen-bond acceptors (Lipinski definition) is 5. The van der Waals surface area contributed by atoms with Gasteiger partial charge in [-0.05, 0) is 12.1 Å². The van der Waals surface area contributed by atoms with Gasteiger partial charge in [0.2, 0.25) is 15.9 Å². The zero-order valence-corrected chi connectivity index (χ0v) is 12.2. The van der Waals surface area contributed by atoms with E-state index in [2.05, 4.69) is 4.98 Å². The van der Waals surface area contributed by atoms with Gasteiger partial charge >= 0.3 is 0 Å². The van der Waals surface area contributed by atoms with Gasteiger partial charge in [0, 0.05) is 13.1 Å². The zero-order chi connectivity index (χ0) is 15.0. The van der Waals surface area contributed by atoms with Gasteiger partial charge in [-0.25, -0.2) is 17.8 Å². The highest BCUT2D eigenvalue weighted by Crippen LogP contribution is 2.21. The molecule has 0 N–H and O–H groups in total. The third-order valence-electron chi connectivity index (χ3n) is 3.39. The van der Waals surface area contributed by atoms with Crippen LogP contribution in [0.4, 0.5) is 4.39 Å². The molecule has 6 nitrogen and oxygen atoms in total. The molecule has 1 aliphatic rings. The maximum absolute atomic E-state index is 13.8. The van der Waals surface area contributed by atoms with Crippen LogP contribution in [0.25, 0.3) is 11.1 Å². The van der Waals surface area contributed by atoms with Crippen LogP contribution in [0, 0.1) is 0 Å². The minimum absolute atomic E-state index is 0.0113. The minimum atomic E-state index is -3.40. The highest BCUT2D eigenvalue weighted by molar-refractivity contribution is 7.88. The summed E-state index contributed by atoms with van der Waals surface area (Å²) in [6, 6.07) is 7.26. The number of hydrogen-bond donors (Lipinski definition) is 0. The first-order chi connectivity index (χ1) is 9.93. The van der Waals surface area contributed by atoms with E-state index in [-0.39, 0.29) is 19.7 Å². The van der Waals surface area contributed by atoms with E-state index in [1.807, 2.05) is 12.1 Å². The molecule has 0 unspecified atom stereocenters. The van der Waals surface area contributed by atoms with E-state index < -0.39 is 22.3 Å². The van der Waals surface area contributed by atoms with Gasteiger partial charge < -0.3 is 9.15 Å². The molecule has 0 aliphatic carbocycles. The molecule has 0 saturated carbocycles. The van der Waals surface area contributed by atoms with Crippen molar-refractivity contribution in [2.75, 3.05) is 19.3 Å². The van der Waals surface area contributed by atoms with E-state index in [1.165, 1.54) is 0 Å². The molecule has 2 aromatic rings. The molecule has 2 heterocycles. The number of sulfonamides is 1. The monoisotopic (exact) mass is 314 g/mol. The number of fused-ring (bicyclic) bond motifs is 1. The quantitative estimate of drug-likeness (QED) is 0.851. The van der Waals surface area contributed by atoms with Crippen molar-refractivity contribution >= 4 is 21.1 Å². The molecule has 1 saturated heterocycles. The topological polar surface area (TPSA) is 72.6 Å². The Balaban J connectivity index is 1.65. The molecule has 0 bridgehead atoms. The fraction of sp³-hybridized carbons (Fsp3) is 0.462. The number of halogens is 1. The normalized spacial score (nSPS) is 23.9.